The highest BCUT2D eigenvalue weighted by molar-refractivity contribution is 5.71. The van der Waals surface area contributed by atoms with Crippen LogP contribution in [0.5, 0.6) is 5.75 Å². The van der Waals surface area contributed by atoms with Crippen molar-refractivity contribution >= 4 is 0 Å². The predicted octanol–water partition coefficient (Wildman–Crippen LogP) is 10.2. The van der Waals surface area contributed by atoms with Crippen molar-refractivity contribution in [3.05, 3.63) is 77.4 Å². The van der Waals surface area contributed by atoms with Gasteiger partial charge >= 0.3 is 0 Å². The lowest BCUT2D eigenvalue weighted by Crippen LogP contribution is -2.27. The third-order valence-electron chi connectivity index (χ3n) is 7.61. The van der Waals surface area contributed by atoms with Crippen LogP contribution in [0.4, 0.5) is 17.6 Å². The molecule has 0 bridgehead atoms. The summed E-state index contributed by atoms with van der Waals surface area (Å²) in [4.78, 5) is 0. The van der Waals surface area contributed by atoms with E-state index in [0.29, 0.717) is 30.9 Å². The van der Waals surface area contributed by atoms with Crippen molar-refractivity contribution in [1.82, 2.24) is 0 Å². The van der Waals surface area contributed by atoms with E-state index in [9.17, 15) is 8.78 Å². The fourth-order valence-electron chi connectivity index (χ4n) is 5.13. The first-order valence-corrected chi connectivity index (χ1v) is 14.9. The number of hydrogen-bond acceptors (Lipinski definition) is 3. The topological polar surface area (TPSA) is 27.7 Å². The summed E-state index contributed by atoms with van der Waals surface area (Å²) in [5.74, 6) is -3.94. The first-order chi connectivity index (χ1) is 19.9. The van der Waals surface area contributed by atoms with Gasteiger partial charge in [0.2, 0.25) is 5.82 Å². The van der Waals surface area contributed by atoms with E-state index in [4.69, 9.17) is 14.2 Å². The average molecular weight is 573 g/mol. The van der Waals surface area contributed by atoms with Crippen molar-refractivity contribution in [3.8, 4) is 28.0 Å². The number of benzene rings is 3. The molecule has 0 unspecified atom stereocenters. The molecule has 3 nitrogen and oxygen atoms in total. The molecule has 0 amide bonds. The second-order valence-electron chi connectivity index (χ2n) is 10.8. The SMILES string of the molecule is CCCCCCCOc1ccc(-c2ccc(-c3ccc(C4OCC(CCCCC)CO4)c(F)c3F)cc2)c(F)c1F. The summed E-state index contributed by atoms with van der Waals surface area (Å²) in [6.45, 7) is 5.49. The van der Waals surface area contributed by atoms with Crippen LogP contribution in [0.25, 0.3) is 22.3 Å². The molecule has 222 valence electrons. The van der Waals surface area contributed by atoms with Crippen molar-refractivity contribution in [2.45, 2.75) is 77.9 Å². The Balaban J connectivity index is 1.41. The van der Waals surface area contributed by atoms with Crippen molar-refractivity contribution < 1.29 is 31.8 Å². The average Bonchev–Trinajstić information content (AvgIpc) is 2.99. The lowest BCUT2D eigenvalue weighted by molar-refractivity contribution is -0.207. The van der Waals surface area contributed by atoms with Gasteiger partial charge in [-0.3, -0.25) is 0 Å². The fourth-order valence-corrected chi connectivity index (χ4v) is 5.13. The van der Waals surface area contributed by atoms with Crippen molar-refractivity contribution in [1.29, 1.82) is 0 Å². The maximum Gasteiger partial charge on any atom is 0.201 e. The van der Waals surface area contributed by atoms with Crippen LogP contribution in [0.3, 0.4) is 0 Å². The van der Waals surface area contributed by atoms with Gasteiger partial charge in [-0.15, -0.1) is 0 Å². The first kappa shape index (κ1) is 31.0. The number of hydrogen-bond donors (Lipinski definition) is 0. The standard InChI is InChI=1S/C34H40F4O3/c1-3-5-7-8-10-20-39-29-19-18-27(31(36)33(29)38)25-14-12-24(13-15-25)26-16-17-28(32(37)30(26)35)34-40-21-23(22-41-34)11-9-6-4-2/h12-19,23,34H,3-11,20-22H2,1-2H3. The zero-order chi connectivity index (χ0) is 29.2. The highest BCUT2D eigenvalue weighted by atomic mass is 19.2. The van der Waals surface area contributed by atoms with E-state index in [-0.39, 0.29) is 28.4 Å². The molecule has 1 aliphatic heterocycles. The molecule has 0 aliphatic carbocycles. The summed E-state index contributed by atoms with van der Waals surface area (Å²) in [5.41, 5.74) is 0.954. The van der Waals surface area contributed by atoms with E-state index in [2.05, 4.69) is 13.8 Å². The van der Waals surface area contributed by atoms with Gasteiger partial charge in [0, 0.05) is 22.6 Å². The maximum absolute atomic E-state index is 15.1. The van der Waals surface area contributed by atoms with E-state index >= 15 is 8.78 Å². The van der Waals surface area contributed by atoms with Gasteiger partial charge in [0.15, 0.2) is 29.5 Å². The maximum atomic E-state index is 15.1. The van der Waals surface area contributed by atoms with Crippen LogP contribution >= 0.6 is 0 Å². The number of ether oxygens (including phenoxy) is 3. The van der Waals surface area contributed by atoms with E-state index in [0.717, 1.165) is 57.8 Å². The van der Waals surface area contributed by atoms with Crippen LogP contribution in [0.15, 0.2) is 48.5 Å². The monoisotopic (exact) mass is 572 g/mol. The molecule has 4 rings (SSSR count). The van der Waals surface area contributed by atoms with E-state index in [1.54, 1.807) is 24.3 Å². The second kappa shape index (κ2) is 15.4. The molecule has 7 heteroatoms. The molecular weight excluding hydrogens is 532 g/mol. The summed E-state index contributed by atoms with van der Waals surface area (Å²) in [6, 6.07) is 12.1. The van der Waals surface area contributed by atoms with Crippen LogP contribution in [-0.4, -0.2) is 19.8 Å². The second-order valence-corrected chi connectivity index (χ2v) is 10.8. The minimum Gasteiger partial charge on any atom is -0.490 e. The molecular formula is C34H40F4O3. The Bertz CT molecular complexity index is 1250. The number of rotatable bonds is 14. The normalized spacial score (nSPS) is 17.1. The molecule has 41 heavy (non-hydrogen) atoms. The van der Waals surface area contributed by atoms with Crippen LogP contribution in [-0.2, 0) is 9.47 Å². The Kier molecular flexibility index (Phi) is 11.6. The number of unbranched alkanes of at least 4 members (excludes halogenated alkanes) is 6. The van der Waals surface area contributed by atoms with Gasteiger partial charge in [0.1, 0.15) is 0 Å². The summed E-state index contributed by atoms with van der Waals surface area (Å²) in [6.07, 6.45) is 8.54. The largest absolute Gasteiger partial charge is 0.490 e. The Morgan fingerprint density at radius 1 is 0.634 bits per heavy atom. The van der Waals surface area contributed by atoms with Crippen molar-refractivity contribution in [2.24, 2.45) is 5.92 Å². The van der Waals surface area contributed by atoms with Gasteiger partial charge < -0.3 is 14.2 Å². The van der Waals surface area contributed by atoms with Gasteiger partial charge in [-0.05, 0) is 36.1 Å². The Morgan fingerprint density at radius 2 is 1.20 bits per heavy atom. The van der Waals surface area contributed by atoms with Crippen molar-refractivity contribution in [3.63, 3.8) is 0 Å². The lowest BCUT2D eigenvalue weighted by Gasteiger charge is -2.30. The Labute approximate surface area is 240 Å². The van der Waals surface area contributed by atoms with Gasteiger partial charge in [-0.2, -0.15) is 4.39 Å². The highest BCUT2D eigenvalue weighted by Crippen LogP contribution is 2.35. The molecule has 3 aromatic carbocycles. The molecule has 1 aliphatic rings. The van der Waals surface area contributed by atoms with Gasteiger partial charge in [-0.1, -0.05) is 95.2 Å². The Hall–Kier alpha value is -2.90. The third kappa shape index (κ3) is 7.89. The molecule has 0 radical (unpaired) electrons. The summed E-state index contributed by atoms with van der Waals surface area (Å²) in [5, 5.41) is 0. The molecule has 0 saturated carbocycles. The third-order valence-corrected chi connectivity index (χ3v) is 7.61. The minimum absolute atomic E-state index is 0.0238. The fraction of sp³-hybridized carbons (Fsp3) is 0.471. The van der Waals surface area contributed by atoms with E-state index in [1.165, 1.54) is 24.3 Å². The van der Waals surface area contributed by atoms with Gasteiger partial charge in [-0.25, -0.2) is 13.2 Å². The zero-order valence-electron chi connectivity index (χ0n) is 24.0. The van der Waals surface area contributed by atoms with Crippen LogP contribution in [0.1, 0.15) is 83.5 Å². The zero-order valence-corrected chi connectivity index (χ0v) is 24.0. The minimum atomic E-state index is -1.04. The molecule has 1 fully saturated rings. The van der Waals surface area contributed by atoms with Crippen LogP contribution < -0.4 is 4.74 Å². The lowest BCUT2D eigenvalue weighted by atomic mass is 9.98. The molecule has 1 saturated heterocycles. The van der Waals surface area contributed by atoms with E-state index in [1.807, 2.05) is 0 Å². The summed E-state index contributed by atoms with van der Waals surface area (Å²) in [7, 11) is 0. The molecule has 0 spiro atoms. The predicted molar refractivity (Wildman–Crippen MR) is 154 cm³/mol. The summed E-state index contributed by atoms with van der Waals surface area (Å²) < 4.78 is 76.7. The van der Waals surface area contributed by atoms with Gasteiger partial charge in [0.25, 0.3) is 0 Å². The molecule has 0 atom stereocenters. The Morgan fingerprint density at radius 3 is 1.83 bits per heavy atom. The van der Waals surface area contributed by atoms with Crippen LogP contribution in [0.2, 0.25) is 0 Å². The van der Waals surface area contributed by atoms with Crippen LogP contribution in [0, 0.1) is 29.2 Å². The quantitative estimate of drug-likeness (QED) is 0.142. The van der Waals surface area contributed by atoms with Gasteiger partial charge in [0.05, 0.1) is 19.8 Å². The number of halogens is 4. The molecule has 0 aromatic heterocycles. The van der Waals surface area contributed by atoms with Crippen molar-refractivity contribution in [2.75, 3.05) is 19.8 Å². The molecule has 3 aromatic rings. The first-order valence-electron chi connectivity index (χ1n) is 14.9. The molecule has 0 N–H and O–H groups in total. The molecule has 1 heterocycles. The smallest absolute Gasteiger partial charge is 0.201 e. The van der Waals surface area contributed by atoms with E-state index < -0.39 is 29.6 Å². The highest BCUT2D eigenvalue weighted by Gasteiger charge is 2.28. The summed E-state index contributed by atoms with van der Waals surface area (Å²) >= 11 is 0.